The number of nitrogen functional groups attached to an aromatic ring is 1. The van der Waals surface area contributed by atoms with Gasteiger partial charge >= 0.3 is 6.18 Å². The van der Waals surface area contributed by atoms with Crippen molar-refractivity contribution < 1.29 is 22.7 Å². The van der Waals surface area contributed by atoms with E-state index in [2.05, 4.69) is 4.98 Å². The summed E-state index contributed by atoms with van der Waals surface area (Å²) in [5.74, 6) is -0.187. The molecule has 0 atom stereocenters. The van der Waals surface area contributed by atoms with Crippen LogP contribution in [0.3, 0.4) is 0 Å². The van der Waals surface area contributed by atoms with Gasteiger partial charge < -0.3 is 15.4 Å². The monoisotopic (exact) mass is 429 g/mol. The lowest BCUT2D eigenvalue weighted by atomic mass is 10.0. The number of carbonyl (C=O) groups excluding carboxylic acids is 1. The maximum atomic E-state index is 14.0. The summed E-state index contributed by atoms with van der Waals surface area (Å²) in [5, 5.41) is 9.24. The molecule has 3 aromatic rings. The van der Waals surface area contributed by atoms with Crippen LogP contribution in [0.1, 0.15) is 38.4 Å². The summed E-state index contributed by atoms with van der Waals surface area (Å²) in [6, 6.07) is 5.25. The SMILES string of the molecule is COc1ccc(C)c(-n2c(N)c(C#N)c3c(C(F)(F)F)nc4c(c32)C(=O)N(C)C4)c1C. The standard InChI is InChI=1S/C21H18F3N5O2/c1-9-5-6-13(31-4)10(2)16(9)29-17-14(11(7-25)19(29)26)18(21(22,23)24)27-12-8-28(3)20(30)15(12)17/h5-6H,8,26H2,1-4H3. The summed E-state index contributed by atoms with van der Waals surface area (Å²) < 4.78 is 48.7. The van der Waals surface area contributed by atoms with E-state index in [0.29, 0.717) is 22.6 Å². The molecule has 0 aliphatic carbocycles. The molecule has 0 spiro atoms. The molecule has 7 nitrogen and oxygen atoms in total. The average Bonchev–Trinajstić information content (AvgIpc) is 3.14. The summed E-state index contributed by atoms with van der Waals surface area (Å²) in [4.78, 5) is 17.9. The molecule has 1 aliphatic heterocycles. The number of fused-ring (bicyclic) bond motifs is 3. The number of amides is 1. The van der Waals surface area contributed by atoms with Crippen molar-refractivity contribution in [1.82, 2.24) is 14.5 Å². The van der Waals surface area contributed by atoms with Crippen molar-refractivity contribution in [2.75, 3.05) is 19.9 Å². The number of carbonyl (C=O) groups is 1. The van der Waals surface area contributed by atoms with Crippen LogP contribution in [0.25, 0.3) is 16.6 Å². The number of alkyl halides is 3. The summed E-state index contributed by atoms with van der Waals surface area (Å²) in [6.07, 6.45) is -4.85. The largest absolute Gasteiger partial charge is 0.496 e. The average molecular weight is 429 g/mol. The summed E-state index contributed by atoms with van der Waals surface area (Å²) in [7, 11) is 2.95. The predicted octanol–water partition coefficient (Wildman–Crippen LogP) is 3.71. The molecule has 1 aromatic carbocycles. The molecule has 4 rings (SSSR count). The number of aryl methyl sites for hydroxylation is 1. The smallest absolute Gasteiger partial charge is 0.434 e. The Morgan fingerprint density at radius 2 is 1.97 bits per heavy atom. The fourth-order valence-electron chi connectivity index (χ4n) is 4.20. The van der Waals surface area contributed by atoms with Crippen LogP contribution < -0.4 is 10.5 Å². The molecule has 31 heavy (non-hydrogen) atoms. The van der Waals surface area contributed by atoms with Crippen molar-refractivity contribution in [2.24, 2.45) is 0 Å². The Kier molecular flexibility index (Phi) is 4.39. The molecule has 2 N–H and O–H groups in total. The van der Waals surface area contributed by atoms with Crippen LogP contribution in [0.15, 0.2) is 12.1 Å². The van der Waals surface area contributed by atoms with Gasteiger partial charge in [0.2, 0.25) is 0 Å². The van der Waals surface area contributed by atoms with E-state index < -0.39 is 23.2 Å². The number of ether oxygens (including phenoxy) is 1. The number of pyridine rings is 1. The highest BCUT2D eigenvalue weighted by Crippen LogP contribution is 2.44. The predicted molar refractivity (Wildman–Crippen MR) is 107 cm³/mol. The Bertz CT molecular complexity index is 1320. The Labute approximate surface area is 175 Å². The van der Waals surface area contributed by atoms with Gasteiger partial charge in [-0.2, -0.15) is 18.4 Å². The van der Waals surface area contributed by atoms with E-state index in [4.69, 9.17) is 10.5 Å². The number of halogens is 3. The minimum atomic E-state index is -4.85. The lowest BCUT2D eigenvalue weighted by Gasteiger charge is -2.18. The molecule has 1 aliphatic rings. The number of methoxy groups -OCH3 is 1. The van der Waals surface area contributed by atoms with Crippen molar-refractivity contribution in [1.29, 1.82) is 5.26 Å². The first-order valence-electron chi connectivity index (χ1n) is 9.27. The number of aromatic nitrogens is 2. The Morgan fingerprint density at radius 1 is 1.29 bits per heavy atom. The third-order valence-corrected chi connectivity index (χ3v) is 5.57. The number of nitriles is 1. The topological polar surface area (TPSA) is 97.2 Å². The zero-order chi connectivity index (χ0) is 22.8. The zero-order valence-electron chi connectivity index (χ0n) is 17.2. The number of benzene rings is 1. The number of nitrogens with zero attached hydrogens (tertiary/aromatic N) is 4. The van der Waals surface area contributed by atoms with E-state index in [1.54, 1.807) is 32.0 Å². The van der Waals surface area contributed by atoms with Gasteiger partial charge in [0.15, 0.2) is 5.69 Å². The van der Waals surface area contributed by atoms with Crippen LogP contribution in [0.4, 0.5) is 19.0 Å². The van der Waals surface area contributed by atoms with Crippen molar-refractivity contribution >= 4 is 22.6 Å². The highest BCUT2D eigenvalue weighted by molar-refractivity contribution is 6.12. The Hall–Kier alpha value is -3.74. The lowest BCUT2D eigenvalue weighted by molar-refractivity contribution is -0.139. The summed E-state index contributed by atoms with van der Waals surface area (Å²) in [6.45, 7) is 3.42. The van der Waals surface area contributed by atoms with Gasteiger partial charge in [0, 0.05) is 12.6 Å². The molecule has 0 bridgehead atoms. The van der Waals surface area contributed by atoms with E-state index in [0.717, 1.165) is 0 Å². The number of nitrogens with two attached hydrogens (primary N) is 1. The highest BCUT2D eigenvalue weighted by atomic mass is 19.4. The van der Waals surface area contributed by atoms with Crippen molar-refractivity contribution in [2.45, 2.75) is 26.6 Å². The van der Waals surface area contributed by atoms with Crippen molar-refractivity contribution in [3.8, 4) is 17.5 Å². The molecule has 0 saturated heterocycles. The van der Waals surface area contributed by atoms with E-state index in [1.165, 1.54) is 23.6 Å². The summed E-state index contributed by atoms with van der Waals surface area (Å²) >= 11 is 0. The van der Waals surface area contributed by atoms with Crippen molar-refractivity contribution in [3.63, 3.8) is 0 Å². The minimum absolute atomic E-state index is 0.00577. The quantitative estimate of drug-likeness (QED) is 0.670. The number of hydrogen-bond donors (Lipinski definition) is 1. The van der Waals surface area contributed by atoms with E-state index in [9.17, 15) is 23.2 Å². The maximum Gasteiger partial charge on any atom is 0.434 e. The van der Waals surface area contributed by atoms with Gasteiger partial charge in [-0.05, 0) is 25.5 Å². The second-order valence-electron chi connectivity index (χ2n) is 7.43. The van der Waals surface area contributed by atoms with Gasteiger partial charge in [-0.3, -0.25) is 9.36 Å². The van der Waals surface area contributed by atoms with Gasteiger partial charge in [-0.25, -0.2) is 4.98 Å². The van der Waals surface area contributed by atoms with Gasteiger partial charge in [-0.1, -0.05) is 6.07 Å². The van der Waals surface area contributed by atoms with Crippen molar-refractivity contribution in [3.05, 3.63) is 45.8 Å². The fourth-order valence-corrected chi connectivity index (χ4v) is 4.20. The molecule has 0 fully saturated rings. The van der Waals surface area contributed by atoms with Crippen LogP contribution in [0, 0.1) is 25.2 Å². The van der Waals surface area contributed by atoms with Gasteiger partial charge in [0.05, 0.1) is 41.5 Å². The third kappa shape index (κ3) is 2.73. The molecule has 160 valence electrons. The molecule has 1 amide bonds. The Balaban J connectivity index is 2.31. The number of rotatable bonds is 2. The van der Waals surface area contributed by atoms with Gasteiger partial charge in [0.25, 0.3) is 5.91 Å². The first kappa shape index (κ1) is 20.5. The van der Waals surface area contributed by atoms with Gasteiger partial charge in [0.1, 0.15) is 23.2 Å². The van der Waals surface area contributed by atoms with E-state index in [-0.39, 0.29) is 34.7 Å². The van der Waals surface area contributed by atoms with Crippen LogP contribution >= 0.6 is 0 Å². The Morgan fingerprint density at radius 3 is 2.55 bits per heavy atom. The highest BCUT2D eigenvalue weighted by Gasteiger charge is 2.42. The second-order valence-corrected chi connectivity index (χ2v) is 7.43. The normalized spacial score (nSPS) is 13.6. The minimum Gasteiger partial charge on any atom is -0.496 e. The first-order valence-corrected chi connectivity index (χ1v) is 9.27. The molecule has 3 heterocycles. The van der Waals surface area contributed by atoms with Gasteiger partial charge in [-0.15, -0.1) is 0 Å². The maximum absolute atomic E-state index is 14.0. The van der Waals surface area contributed by atoms with Crippen LogP contribution in [-0.2, 0) is 12.7 Å². The molecular formula is C21H18F3N5O2. The summed E-state index contributed by atoms with van der Waals surface area (Å²) in [5.41, 5.74) is 6.33. The molecule has 0 saturated carbocycles. The second kappa shape index (κ2) is 6.63. The lowest BCUT2D eigenvalue weighted by Crippen LogP contribution is -2.18. The molecule has 2 aromatic heterocycles. The fraction of sp³-hybridized carbons (Fsp3) is 0.286. The molecule has 0 radical (unpaired) electrons. The number of anilines is 1. The number of hydrogen-bond acceptors (Lipinski definition) is 5. The molecule has 10 heteroatoms. The molecular weight excluding hydrogens is 411 g/mol. The zero-order valence-corrected chi connectivity index (χ0v) is 17.2. The van der Waals surface area contributed by atoms with Crippen LogP contribution in [0.5, 0.6) is 5.75 Å². The van der Waals surface area contributed by atoms with Crippen LogP contribution in [-0.4, -0.2) is 34.5 Å². The molecule has 0 unspecified atom stereocenters. The third-order valence-electron chi connectivity index (χ3n) is 5.57. The van der Waals surface area contributed by atoms with E-state index in [1.807, 2.05) is 0 Å². The first-order chi connectivity index (χ1) is 14.5. The van der Waals surface area contributed by atoms with E-state index >= 15 is 0 Å². The van der Waals surface area contributed by atoms with Crippen LogP contribution in [0.2, 0.25) is 0 Å².